The predicted octanol–water partition coefficient (Wildman–Crippen LogP) is 7.19. The van der Waals surface area contributed by atoms with Gasteiger partial charge >= 0.3 is 11.4 Å². The molecule has 1 saturated carbocycles. The number of ether oxygens (including phenoxy) is 1. The maximum atomic E-state index is 16.2. The van der Waals surface area contributed by atoms with Crippen LogP contribution in [0.25, 0.3) is 39.0 Å². The summed E-state index contributed by atoms with van der Waals surface area (Å²) in [7, 11) is 1.72. The predicted molar refractivity (Wildman–Crippen MR) is 235 cm³/mol. The summed E-state index contributed by atoms with van der Waals surface area (Å²) >= 11 is 0. The molecule has 1 amide bonds. The number of amides is 1. The number of nitrogens with one attached hydrogen (secondary N) is 1. The number of hydrogen-bond acceptors (Lipinski definition) is 8. The molecule has 3 aromatic carbocycles. The zero-order valence-electron chi connectivity index (χ0n) is 36.7. The molecule has 332 valence electrons. The molecule has 1 N–H and O–H groups in total. The fourth-order valence-corrected chi connectivity index (χ4v) is 11.6. The third-order valence-electron chi connectivity index (χ3n) is 14.9. The Bertz CT molecular complexity index is 3430. The third-order valence-corrected chi connectivity index (χ3v) is 14.9. The minimum Gasteiger partial charge on any atom is -0.375 e. The molecule has 17 heteroatoms. The van der Waals surface area contributed by atoms with Crippen LogP contribution in [0.2, 0.25) is 0 Å². The number of rotatable bonds is 7. The molecule has 3 aliphatic heterocycles. The average molecular weight is 881 g/mol. The molecule has 0 radical (unpaired) electrons. The lowest BCUT2D eigenvalue weighted by Crippen LogP contribution is -2.43. The zero-order chi connectivity index (χ0) is 45.0. The third kappa shape index (κ3) is 5.53. The SMILES string of the molecule is Cc1cc(-n2nc3c(c2-n2ccn(-c4ccc5c(cnn5C)c4F)c2=O)[C@@H]2CC[C@H](C3)N2C(=O)c2cc3cc([C@@H]4CCOC4(C)C)ccc3n2[C@@]2(c3noc(=O)[nH]3)C[C@@H]2C)cc(C)c1F. The van der Waals surface area contributed by atoms with Crippen LogP contribution in [0.4, 0.5) is 8.78 Å². The summed E-state index contributed by atoms with van der Waals surface area (Å²) in [5, 5.41) is 14.7. The first-order valence-electron chi connectivity index (χ1n) is 22.1. The highest BCUT2D eigenvalue weighted by Gasteiger charge is 2.60. The van der Waals surface area contributed by atoms with Gasteiger partial charge in [0.1, 0.15) is 22.9 Å². The monoisotopic (exact) mass is 880 g/mol. The molecule has 1 aliphatic carbocycles. The molecule has 5 aromatic heterocycles. The van der Waals surface area contributed by atoms with Crippen LogP contribution in [0.15, 0.2) is 81.2 Å². The van der Waals surface area contributed by atoms with Crippen molar-refractivity contribution in [3.63, 3.8) is 0 Å². The quantitative estimate of drug-likeness (QED) is 0.176. The molecule has 4 aliphatic rings. The maximum absolute atomic E-state index is 16.2. The van der Waals surface area contributed by atoms with E-state index in [-0.39, 0.29) is 46.3 Å². The van der Waals surface area contributed by atoms with Crippen molar-refractivity contribution in [1.82, 2.24) is 48.3 Å². The lowest BCUT2D eigenvalue weighted by Gasteiger charge is -2.35. The Morgan fingerprint density at radius 1 is 0.938 bits per heavy atom. The van der Waals surface area contributed by atoms with Crippen molar-refractivity contribution < 1.29 is 22.8 Å². The molecule has 5 atom stereocenters. The standard InChI is InChI=1S/C48H46F2N10O5/c1-24-17-30(18-25(2)40(24)49)60-42(57-15-14-56(46(57)63)37-12-11-35-31(41(37)50)23-51-55(35)6)39-33(53-60)21-29-8-10-36(39)58(29)43(61)38-20-28-19-27(32-13-16-64-47(32,4)5)7-9-34(28)59(38)48(22-26(48)3)44-52-45(62)65-54-44/h7,9,11-12,14-15,17-20,23,26,29,32,36H,8,10,13,16,21-22H2,1-6H3,(H,52,54,62)/t26-,29+,32-,36-,48-/m0/s1. The number of aromatic amines is 1. The molecule has 65 heavy (non-hydrogen) atoms. The molecule has 15 nitrogen and oxygen atoms in total. The van der Waals surface area contributed by atoms with E-state index in [9.17, 15) is 9.59 Å². The van der Waals surface area contributed by atoms with Gasteiger partial charge in [-0.2, -0.15) is 10.2 Å². The minimum atomic E-state index is -0.852. The Kier molecular flexibility index (Phi) is 8.29. The number of H-pyrrole nitrogens is 1. The van der Waals surface area contributed by atoms with Crippen LogP contribution >= 0.6 is 0 Å². The largest absolute Gasteiger partial charge is 0.438 e. The Morgan fingerprint density at radius 3 is 2.40 bits per heavy atom. The second-order valence-corrected chi connectivity index (χ2v) is 19.0. The second kappa shape index (κ2) is 13.6. The van der Waals surface area contributed by atoms with Crippen LogP contribution in [0.5, 0.6) is 0 Å². The normalized spacial score (nSPS) is 23.3. The maximum Gasteiger partial charge on any atom is 0.438 e. The summed E-state index contributed by atoms with van der Waals surface area (Å²) in [5.74, 6) is -0.906. The van der Waals surface area contributed by atoms with Crippen LogP contribution in [0.3, 0.4) is 0 Å². The van der Waals surface area contributed by atoms with Crippen LogP contribution < -0.4 is 11.4 Å². The van der Waals surface area contributed by atoms with Crippen molar-refractivity contribution in [2.24, 2.45) is 13.0 Å². The zero-order valence-corrected chi connectivity index (χ0v) is 36.7. The minimum absolute atomic E-state index is 0.00370. The number of fused-ring (bicyclic) bond motifs is 6. The first kappa shape index (κ1) is 39.7. The number of carbonyl (C=O) groups is 1. The molecular formula is C48H46F2N10O5. The van der Waals surface area contributed by atoms with Gasteiger partial charge in [-0.15, -0.1) is 0 Å². The Labute approximate surface area is 369 Å². The van der Waals surface area contributed by atoms with Crippen molar-refractivity contribution in [3.05, 3.63) is 139 Å². The van der Waals surface area contributed by atoms with E-state index in [1.54, 1.807) is 60.7 Å². The van der Waals surface area contributed by atoms with Gasteiger partial charge in [-0.1, -0.05) is 18.1 Å². The number of benzene rings is 3. The summed E-state index contributed by atoms with van der Waals surface area (Å²) in [6.07, 6.45) is 7.71. The molecular weight excluding hydrogens is 835 g/mol. The van der Waals surface area contributed by atoms with Gasteiger partial charge in [-0.25, -0.2) is 23.1 Å². The lowest BCUT2D eigenvalue weighted by molar-refractivity contribution is 0.0271. The van der Waals surface area contributed by atoms with Crippen molar-refractivity contribution in [2.75, 3.05) is 6.61 Å². The highest BCUT2D eigenvalue weighted by molar-refractivity contribution is 6.00. The summed E-state index contributed by atoms with van der Waals surface area (Å²) in [6, 6.07) is 14.2. The number of halogens is 2. The number of nitrogens with zero attached hydrogens (tertiary/aromatic N) is 9. The van der Waals surface area contributed by atoms with E-state index in [1.807, 2.05) is 15.5 Å². The van der Waals surface area contributed by atoms with E-state index < -0.39 is 28.8 Å². The van der Waals surface area contributed by atoms with Crippen molar-refractivity contribution in [1.29, 1.82) is 0 Å². The fraction of sp³-hybridized carbons (Fsp3) is 0.375. The average Bonchev–Trinajstić information content (AvgIpc) is 4.05. The second-order valence-electron chi connectivity index (χ2n) is 19.0. The summed E-state index contributed by atoms with van der Waals surface area (Å²) in [4.78, 5) is 47.7. The first-order chi connectivity index (χ1) is 31.2. The van der Waals surface area contributed by atoms with Gasteiger partial charge < -0.3 is 14.2 Å². The first-order valence-corrected chi connectivity index (χ1v) is 22.1. The smallest absolute Gasteiger partial charge is 0.375 e. The van der Waals surface area contributed by atoms with Crippen LogP contribution in [0, 0.1) is 31.4 Å². The van der Waals surface area contributed by atoms with Gasteiger partial charge in [0.25, 0.3) is 5.91 Å². The van der Waals surface area contributed by atoms with E-state index >= 15 is 13.6 Å². The van der Waals surface area contributed by atoms with Gasteiger partial charge in [-0.05, 0) is 118 Å². The molecule has 3 fully saturated rings. The molecule has 2 bridgehead atoms. The van der Waals surface area contributed by atoms with Crippen LogP contribution in [0.1, 0.15) is 103 Å². The summed E-state index contributed by atoms with van der Waals surface area (Å²) in [5.41, 5.74) is 4.03. The molecule has 8 heterocycles. The van der Waals surface area contributed by atoms with Gasteiger partial charge in [0.15, 0.2) is 11.6 Å². The Balaban J connectivity index is 1.03. The van der Waals surface area contributed by atoms with Crippen LogP contribution in [-0.4, -0.2) is 72.5 Å². The number of aromatic nitrogens is 9. The molecule has 0 spiro atoms. The molecule has 8 aromatic rings. The van der Waals surface area contributed by atoms with Crippen LogP contribution in [-0.2, 0) is 23.7 Å². The summed E-state index contributed by atoms with van der Waals surface area (Å²) in [6.45, 7) is 10.3. The van der Waals surface area contributed by atoms with E-state index in [2.05, 4.69) is 54.2 Å². The van der Waals surface area contributed by atoms with Crippen molar-refractivity contribution in [3.8, 4) is 17.2 Å². The molecule has 12 rings (SSSR count). The number of hydrogen-bond donors (Lipinski definition) is 1. The fourth-order valence-electron chi connectivity index (χ4n) is 11.6. The van der Waals surface area contributed by atoms with Gasteiger partial charge in [-0.3, -0.25) is 28.1 Å². The van der Waals surface area contributed by atoms with Gasteiger partial charge in [0.2, 0.25) is 0 Å². The van der Waals surface area contributed by atoms with Crippen molar-refractivity contribution >= 4 is 27.7 Å². The highest BCUT2D eigenvalue weighted by Crippen LogP contribution is 2.57. The van der Waals surface area contributed by atoms with E-state index in [0.29, 0.717) is 77.5 Å². The van der Waals surface area contributed by atoms with Crippen molar-refractivity contribution in [2.45, 2.75) is 95.9 Å². The van der Waals surface area contributed by atoms with E-state index in [1.165, 1.54) is 21.5 Å². The Morgan fingerprint density at radius 2 is 1.69 bits per heavy atom. The van der Waals surface area contributed by atoms with Gasteiger partial charge in [0.05, 0.1) is 45.8 Å². The lowest BCUT2D eigenvalue weighted by atomic mass is 9.84. The molecule has 2 saturated heterocycles. The topological polar surface area (TPSA) is 156 Å². The van der Waals surface area contributed by atoms with Gasteiger partial charge in [0, 0.05) is 60.9 Å². The number of aryl methyl sites for hydroxylation is 3. The molecule has 0 unspecified atom stereocenters. The highest BCUT2D eigenvalue weighted by atomic mass is 19.1. The number of imidazole rings is 1. The Hall–Kier alpha value is -6.88. The van der Waals surface area contributed by atoms with E-state index in [4.69, 9.17) is 14.4 Å². The van der Waals surface area contributed by atoms with E-state index in [0.717, 1.165) is 28.6 Å². The number of carbonyl (C=O) groups excluding carboxylic acids is 1. The summed E-state index contributed by atoms with van der Waals surface area (Å²) < 4.78 is 50.5.